The maximum absolute atomic E-state index is 11.5. The van der Waals surface area contributed by atoms with Gasteiger partial charge in [-0.05, 0) is 38.8 Å². The second kappa shape index (κ2) is 8.78. The van der Waals surface area contributed by atoms with Crippen molar-refractivity contribution in [3.8, 4) is 17.6 Å². The third kappa shape index (κ3) is 7.39. The number of benzene rings is 1. The molecule has 2 N–H and O–H groups in total. The van der Waals surface area contributed by atoms with Gasteiger partial charge in [0.05, 0.1) is 6.54 Å². The van der Waals surface area contributed by atoms with Crippen LogP contribution in [0.25, 0.3) is 0 Å². The third-order valence-corrected chi connectivity index (χ3v) is 2.59. The normalized spacial score (nSPS) is 10.1. The van der Waals surface area contributed by atoms with Gasteiger partial charge < -0.3 is 15.4 Å². The zero-order valence-electron chi connectivity index (χ0n) is 13.5. The van der Waals surface area contributed by atoms with E-state index in [9.17, 15) is 4.79 Å². The Kier molecular flexibility index (Phi) is 7.04. The summed E-state index contributed by atoms with van der Waals surface area (Å²) >= 11 is 0. The summed E-state index contributed by atoms with van der Waals surface area (Å²) in [6.45, 7) is 10.1. The summed E-state index contributed by atoms with van der Waals surface area (Å²) in [6, 6.07) is 7.58. The number of carbonyl (C=O) groups is 1. The predicted molar refractivity (Wildman–Crippen MR) is 89.9 cm³/mol. The second-order valence-corrected chi connectivity index (χ2v) is 5.80. The fraction of sp³-hybridized carbons (Fsp3) is 0.389. The SMILES string of the molecule is C=CCc1ccccc1OCC#CCNC(=O)NC(C)(C)C. The molecule has 0 saturated carbocycles. The zero-order valence-corrected chi connectivity index (χ0v) is 13.5. The Hall–Kier alpha value is -2.41. The smallest absolute Gasteiger partial charge is 0.315 e. The molecule has 0 saturated heterocycles. The Morgan fingerprint density at radius 1 is 1.32 bits per heavy atom. The first-order valence-corrected chi connectivity index (χ1v) is 7.25. The van der Waals surface area contributed by atoms with Gasteiger partial charge in [0.2, 0.25) is 0 Å². The van der Waals surface area contributed by atoms with Crippen LogP contribution in [0.4, 0.5) is 4.79 Å². The summed E-state index contributed by atoms with van der Waals surface area (Å²) in [4.78, 5) is 11.5. The highest BCUT2D eigenvalue weighted by molar-refractivity contribution is 5.74. The van der Waals surface area contributed by atoms with Gasteiger partial charge in [-0.3, -0.25) is 0 Å². The highest BCUT2D eigenvalue weighted by Gasteiger charge is 2.12. The van der Waals surface area contributed by atoms with Crippen molar-refractivity contribution in [1.29, 1.82) is 0 Å². The van der Waals surface area contributed by atoms with Gasteiger partial charge in [0, 0.05) is 5.54 Å². The van der Waals surface area contributed by atoms with E-state index in [2.05, 4.69) is 29.1 Å². The maximum Gasteiger partial charge on any atom is 0.315 e. The highest BCUT2D eigenvalue weighted by Crippen LogP contribution is 2.18. The molecule has 0 aromatic heterocycles. The van der Waals surface area contributed by atoms with Gasteiger partial charge >= 0.3 is 6.03 Å². The number of urea groups is 1. The molecule has 1 aromatic rings. The van der Waals surface area contributed by atoms with Gasteiger partial charge in [0.25, 0.3) is 0 Å². The molecule has 0 aliphatic rings. The van der Waals surface area contributed by atoms with Crippen LogP contribution in [0.3, 0.4) is 0 Å². The van der Waals surface area contributed by atoms with E-state index >= 15 is 0 Å². The van der Waals surface area contributed by atoms with E-state index in [0.717, 1.165) is 17.7 Å². The Balaban J connectivity index is 2.34. The minimum absolute atomic E-state index is 0.223. The van der Waals surface area contributed by atoms with Crippen molar-refractivity contribution < 1.29 is 9.53 Å². The topological polar surface area (TPSA) is 50.4 Å². The van der Waals surface area contributed by atoms with E-state index < -0.39 is 0 Å². The number of para-hydroxylation sites is 1. The molecule has 0 aliphatic carbocycles. The van der Waals surface area contributed by atoms with E-state index in [4.69, 9.17) is 4.74 Å². The summed E-state index contributed by atoms with van der Waals surface area (Å²) in [7, 11) is 0. The van der Waals surface area contributed by atoms with Gasteiger partial charge in [0.15, 0.2) is 0 Å². The average Bonchev–Trinajstić information content (AvgIpc) is 2.42. The summed E-state index contributed by atoms with van der Waals surface area (Å²) < 4.78 is 5.63. The highest BCUT2D eigenvalue weighted by atomic mass is 16.5. The standard InChI is InChI=1S/C18H24N2O2/c1-5-10-15-11-6-7-12-16(15)22-14-9-8-13-19-17(21)20-18(2,3)4/h5-7,11-12H,1,10,13-14H2,2-4H3,(H2,19,20,21). The number of amides is 2. The molecule has 1 rings (SSSR count). The third-order valence-electron chi connectivity index (χ3n) is 2.59. The first-order chi connectivity index (χ1) is 10.4. The van der Waals surface area contributed by atoms with Crippen LogP contribution in [0.15, 0.2) is 36.9 Å². The molecule has 2 amide bonds. The molecule has 4 heteroatoms. The number of ether oxygens (including phenoxy) is 1. The monoisotopic (exact) mass is 300 g/mol. The average molecular weight is 300 g/mol. The molecule has 4 nitrogen and oxygen atoms in total. The van der Waals surface area contributed by atoms with Gasteiger partial charge in [-0.1, -0.05) is 36.1 Å². The fourth-order valence-corrected chi connectivity index (χ4v) is 1.71. The van der Waals surface area contributed by atoms with E-state index in [1.807, 2.05) is 51.1 Å². The molecule has 0 aliphatic heterocycles. The molecule has 0 fully saturated rings. The van der Waals surface area contributed by atoms with Crippen LogP contribution in [0, 0.1) is 11.8 Å². The summed E-state index contributed by atoms with van der Waals surface area (Å²) in [6.07, 6.45) is 2.60. The number of hydrogen-bond donors (Lipinski definition) is 2. The van der Waals surface area contributed by atoms with Crippen molar-refractivity contribution in [2.24, 2.45) is 0 Å². The molecule has 0 spiro atoms. The number of rotatable bonds is 5. The lowest BCUT2D eigenvalue weighted by Gasteiger charge is -2.20. The molecule has 0 atom stereocenters. The van der Waals surface area contributed by atoms with Crippen molar-refractivity contribution >= 4 is 6.03 Å². The number of hydrogen-bond acceptors (Lipinski definition) is 2. The number of carbonyl (C=O) groups excluding carboxylic acids is 1. The largest absolute Gasteiger partial charge is 0.481 e. The van der Waals surface area contributed by atoms with Crippen LogP contribution in [0.5, 0.6) is 5.75 Å². The van der Waals surface area contributed by atoms with Crippen LogP contribution in [0.1, 0.15) is 26.3 Å². The van der Waals surface area contributed by atoms with Crippen LogP contribution in [0.2, 0.25) is 0 Å². The lowest BCUT2D eigenvalue weighted by atomic mass is 10.1. The van der Waals surface area contributed by atoms with Crippen molar-refractivity contribution in [3.63, 3.8) is 0 Å². The van der Waals surface area contributed by atoms with E-state index in [-0.39, 0.29) is 18.2 Å². The Bertz CT molecular complexity index is 562. The first kappa shape index (κ1) is 17.6. The van der Waals surface area contributed by atoms with Gasteiger partial charge in [-0.25, -0.2) is 4.79 Å². The van der Waals surface area contributed by atoms with Crippen LogP contribution in [-0.2, 0) is 6.42 Å². The number of allylic oxidation sites excluding steroid dienone is 1. The number of nitrogens with one attached hydrogen (secondary N) is 2. The van der Waals surface area contributed by atoms with E-state index in [0.29, 0.717) is 6.54 Å². The van der Waals surface area contributed by atoms with Gasteiger partial charge in [0.1, 0.15) is 12.4 Å². The van der Waals surface area contributed by atoms with Crippen LogP contribution in [-0.4, -0.2) is 24.7 Å². The molecule has 0 heterocycles. The molecular formula is C18H24N2O2. The maximum atomic E-state index is 11.5. The second-order valence-electron chi connectivity index (χ2n) is 5.80. The van der Waals surface area contributed by atoms with Crippen LogP contribution >= 0.6 is 0 Å². The first-order valence-electron chi connectivity index (χ1n) is 7.25. The van der Waals surface area contributed by atoms with Crippen molar-refractivity contribution in [2.45, 2.75) is 32.7 Å². The molecule has 0 bridgehead atoms. The minimum atomic E-state index is -0.254. The van der Waals surface area contributed by atoms with Crippen LogP contribution < -0.4 is 15.4 Å². The van der Waals surface area contributed by atoms with Crippen molar-refractivity contribution in [3.05, 3.63) is 42.5 Å². The molecule has 22 heavy (non-hydrogen) atoms. The lowest BCUT2D eigenvalue weighted by Crippen LogP contribution is -2.46. The van der Waals surface area contributed by atoms with Gasteiger partial charge in [-0.15, -0.1) is 6.58 Å². The molecular weight excluding hydrogens is 276 g/mol. The fourth-order valence-electron chi connectivity index (χ4n) is 1.71. The van der Waals surface area contributed by atoms with E-state index in [1.165, 1.54) is 0 Å². The molecule has 118 valence electrons. The van der Waals surface area contributed by atoms with E-state index in [1.54, 1.807) is 0 Å². The Morgan fingerprint density at radius 3 is 2.73 bits per heavy atom. The quantitative estimate of drug-likeness (QED) is 0.649. The summed E-state index contributed by atoms with van der Waals surface area (Å²) in [5.74, 6) is 6.55. The zero-order chi connectivity index (χ0) is 16.4. The lowest BCUT2D eigenvalue weighted by molar-refractivity contribution is 0.233. The molecule has 0 radical (unpaired) electrons. The molecule has 1 aromatic carbocycles. The summed E-state index contributed by atoms with van der Waals surface area (Å²) in [5, 5.41) is 5.48. The predicted octanol–water partition coefficient (Wildman–Crippen LogP) is 2.90. The summed E-state index contributed by atoms with van der Waals surface area (Å²) in [5.41, 5.74) is 0.831. The molecule has 0 unspecified atom stereocenters. The Labute approximate surface area is 132 Å². The van der Waals surface area contributed by atoms with Crippen molar-refractivity contribution in [2.75, 3.05) is 13.2 Å². The minimum Gasteiger partial charge on any atom is -0.481 e. The van der Waals surface area contributed by atoms with Crippen molar-refractivity contribution in [1.82, 2.24) is 10.6 Å². The Morgan fingerprint density at radius 2 is 2.05 bits per heavy atom. The van der Waals surface area contributed by atoms with Gasteiger partial charge in [-0.2, -0.15) is 0 Å².